The summed E-state index contributed by atoms with van der Waals surface area (Å²) in [5, 5.41) is 11.6. The Morgan fingerprint density at radius 1 is 1.15 bits per heavy atom. The maximum atomic E-state index is 11.6. The predicted octanol–water partition coefficient (Wildman–Crippen LogP) is 4.16. The third-order valence-corrected chi connectivity index (χ3v) is 5.48. The van der Waals surface area contributed by atoms with E-state index in [2.05, 4.69) is 25.5 Å². The highest BCUT2D eigenvalue weighted by Gasteiger charge is 2.22. The third-order valence-electron chi connectivity index (χ3n) is 5.18. The van der Waals surface area contributed by atoms with Crippen molar-refractivity contribution in [3.05, 3.63) is 65.6 Å². The second-order valence-electron chi connectivity index (χ2n) is 7.44. The second kappa shape index (κ2) is 9.84. The lowest BCUT2D eigenvalue weighted by Crippen LogP contribution is -2.29. The molecule has 0 radical (unpaired) electrons. The van der Waals surface area contributed by atoms with E-state index in [4.69, 9.17) is 25.8 Å². The molecule has 1 saturated heterocycles. The molecule has 11 heteroatoms. The van der Waals surface area contributed by atoms with E-state index in [0.29, 0.717) is 54.2 Å². The number of hydrogen-bond donors (Lipinski definition) is 2. The SMILES string of the molecule is O=C1OCCN1CCOc1n[nH]c2ccnc(Nc3ccc(OCc4ccccn4)c(Cl)c3)c12. The number of anilines is 2. The first kappa shape index (κ1) is 21.8. The minimum Gasteiger partial charge on any atom is -0.486 e. The lowest BCUT2D eigenvalue weighted by molar-refractivity contribution is 0.152. The van der Waals surface area contributed by atoms with E-state index in [1.807, 2.05) is 24.3 Å². The summed E-state index contributed by atoms with van der Waals surface area (Å²) >= 11 is 6.44. The number of aromatic nitrogens is 4. The van der Waals surface area contributed by atoms with E-state index in [9.17, 15) is 4.79 Å². The van der Waals surface area contributed by atoms with Crippen molar-refractivity contribution in [1.82, 2.24) is 25.1 Å². The van der Waals surface area contributed by atoms with Crippen LogP contribution in [0.25, 0.3) is 10.9 Å². The standard InChI is InChI=1S/C23H21ClN6O4/c24-17-13-15(4-5-19(17)34-14-16-3-1-2-7-25-16)27-21-20-18(6-8-26-21)28-29-22(20)32-11-9-30-10-12-33-23(30)31/h1-8,13H,9-12,14H2,(H,26,27)(H,28,29). The van der Waals surface area contributed by atoms with Crippen LogP contribution in [0.2, 0.25) is 5.02 Å². The zero-order chi connectivity index (χ0) is 23.3. The van der Waals surface area contributed by atoms with Gasteiger partial charge in [-0.05, 0) is 36.4 Å². The van der Waals surface area contributed by atoms with Gasteiger partial charge < -0.3 is 24.4 Å². The van der Waals surface area contributed by atoms with Crippen LogP contribution in [0.15, 0.2) is 54.9 Å². The average molecular weight is 481 g/mol. The van der Waals surface area contributed by atoms with Gasteiger partial charge in [0.15, 0.2) is 0 Å². The Morgan fingerprint density at radius 3 is 2.88 bits per heavy atom. The molecule has 0 spiro atoms. The van der Waals surface area contributed by atoms with E-state index < -0.39 is 0 Å². The predicted molar refractivity (Wildman–Crippen MR) is 126 cm³/mol. The Kier molecular flexibility index (Phi) is 6.30. The number of halogens is 1. The van der Waals surface area contributed by atoms with Crippen LogP contribution in [-0.4, -0.2) is 57.5 Å². The highest BCUT2D eigenvalue weighted by molar-refractivity contribution is 6.32. The molecule has 0 atom stereocenters. The van der Waals surface area contributed by atoms with Gasteiger partial charge in [0.05, 0.1) is 29.3 Å². The molecule has 10 nitrogen and oxygen atoms in total. The van der Waals surface area contributed by atoms with Crippen molar-refractivity contribution in [1.29, 1.82) is 0 Å². The van der Waals surface area contributed by atoms with Gasteiger partial charge in [0.25, 0.3) is 0 Å². The largest absolute Gasteiger partial charge is 0.486 e. The number of carbonyl (C=O) groups excluding carboxylic acids is 1. The summed E-state index contributed by atoms with van der Waals surface area (Å²) in [7, 11) is 0. The monoisotopic (exact) mass is 480 g/mol. The zero-order valence-corrected chi connectivity index (χ0v) is 18.8. The smallest absolute Gasteiger partial charge is 0.410 e. The topological polar surface area (TPSA) is 114 Å². The number of benzene rings is 1. The Balaban J connectivity index is 1.28. The number of hydrogen-bond acceptors (Lipinski definition) is 8. The Labute approximate surface area is 199 Å². The third kappa shape index (κ3) is 4.81. The van der Waals surface area contributed by atoms with Crippen LogP contribution in [0.4, 0.5) is 16.3 Å². The maximum absolute atomic E-state index is 11.6. The molecule has 1 aliphatic heterocycles. The minimum absolute atomic E-state index is 0.275. The molecule has 0 aliphatic carbocycles. The minimum atomic E-state index is -0.330. The molecule has 4 heterocycles. The van der Waals surface area contributed by atoms with Crippen LogP contribution in [0.3, 0.4) is 0 Å². The molecular formula is C23H21ClN6O4. The maximum Gasteiger partial charge on any atom is 0.410 e. The summed E-state index contributed by atoms with van der Waals surface area (Å²) in [6.45, 7) is 1.96. The summed E-state index contributed by atoms with van der Waals surface area (Å²) in [6.07, 6.45) is 3.05. The van der Waals surface area contributed by atoms with Crippen molar-refractivity contribution in [2.24, 2.45) is 0 Å². The van der Waals surface area contributed by atoms with Crippen molar-refractivity contribution >= 4 is 40.1 Å². The Hall–Kier alpha value is -4.05. The summed E-state index contributed by atoms with van der Waals surface area (Å²) in [5.74, 6) is 1.50. The molecule has 1 amide bonds. The summed E-state index contributed by atoms with van der Waals surface area (Å²) < 4.78 is 16.6. The van der Waals surface area contributed by atoms with Gasteiger partial charge in [0, 0.05) is 18.1 Å². The quantitative estimate of drug-likeness (QED) is 0.367. The number of pyridine rings is 2. The van der Waals surface area contributed by atoms with Crippen molar-refractivity contribution < 1.29 is 19.0 Å². The van der Waals surface area contributed by atoms with E-state index in [0.717, 1.165) is 16.9 Å². The fourth-order valence-corrected chi connectivity index (χ4v) is 3.72. The molecule has 4 aromatic rings. The number of carbonyl (C=O) groups is 1. The first-order chi connectivity index (χ1) is 16.7. The number of nitrogens with zero attached hydrogens (tertiary/aromatic N) is 4. The fourth-order valence-electron chi connectivity index (χ4n) is 3.49. The Bertz CT molecular complexity index is 1300. The first-order valence-electron chi connectivity index (χ1n) is 10.6. The van der Waals surface area contributed by atoms with Gasteiger partial charge >= 0.3 is 6.09 Å². The number of cyclic esters (lactones) is 1. The lowest BCUT2D eigenvalue weighted by atomic mass is 10.2. The van der Waals surface area contributed by atoms with Crippen molar-refractivity contribution in [2.75, 3.05) is 31.6 Å². The normalized spacial score (nSPS) is 13.2. The second-order valence-corrected chi connectivity index (χ2v) is 7.85. The fraction of sp³-hybridized carbons (Fsp3) is 0.217. The number of ether oxygens (including phenoxy) is 3. The van der Waals surface area contributed by atoms with Crippen molar-refractivity contribution in [3.63, 3.8) is 0 Å². The van der Waals surface area contributed by atoms with Crippen LogP contribution in [0, 0.1) is 0 Å². The zero-order valence-electron chi connectivity index (χ0n) is 18.0. The Morgan fingerprint density at radius 2 is 2.09 bits per heavy atom. The molecule has 3 aromatic heterocycles. The van der Waals surface area contributed by atoms with Gasteiger partial charge in [-0.15, -0.1) is 5.10 Å². The van der Waals surface area contributed by atoms with Crippen molar-refractivity contribution in [2.45, 2.75) is 6.61 Å². The highest BCUT2D eigenvalue weighted by Crippen LogP contribution is 2.33. The first-order valence-corrected chi connectivity index (χ1v) is 11.0. The summed E-state index contributed by atoms with van der Waals surface area (Å²) in [5.41, 5.74) is 2.29. The van der Waals surface area contributed by atoms with Crippen LogP contribution in [0.1, 0.15) is 5.69 Å². The molecule has 0 unspecified atom stereocenters. The molecule has 2 N–H and O–H groups in total. The molecule has 174 valence electrons. The van der Waals surface area contributed by atoms with Crippen LogP contribution < -0.4 is 14.8 Å². The molecule has 34 heavy (non-hydrogen) atoms. The molecule has 1 aliphatic rings. The van der Waals surface area contributed by atoms with Gasteiger partial charge in [-0.3, -0.25) is 10.1 Å². The van der Waals surface area contributed by atoms with Gasteiger partial charge in [-0.1, -0.05) is 17.7 Å². The van der Waals surface area contributed by atoms with Crippen LogP contribution >= 0.6 is 11.6 Å². The molecular weight excluding hydrogens is 460 g/mol. The van der Waals surface area contributed by atoms with Gasteiger partial charge in [0.2, 0.25) is 5.88 Å². The number of H-pyrrole nitrogens is 1. The van der Waals surface area contributed by atoms with Crippen molar-refractivity contribution in [3.8, 4) is 11.6 Å². The average Bonchev–Trinajstić information content (AvgIpc) is 3.46. The number of amides is 1. The highest BCUT2D eigenvalue weighted by atomic mass is 35.5. The molecule has 0 saturated carbocycles. The summed E-state index contributed by atoms with van der Waals surface area (Å²) in [6, 6.07) is 12.8. The van der Waals surface area contributed by atoms with Crippen LogP contribution in [0.5, 0.6) is 11.6 Å². The lowest BCUT2D eigenvalue weighted by Gasteiger charge is -2.13. The summed E-state index contributed by atoms with van der Waals surface area (Å²) in [4.78, 5) is 21.9. The van der Waals surface area contributed by atoms with E-state index in [1.165, 1.54) is 0 Å². The molecule has 0 bridgehead atoms. The number of rotatable bonds is 9. The van der Waals surface area contributed by atoms with E-state index in [1.54, 1.807) is 35.5 Å². The molecule has 5 rings (SSSR count). The molecule has 1 fully saturated rings. The number of fused-ring (bicyclic) bond motifs is 1. The van der Waals surface area contributed by atoms with E-state index in [-0.39, 0.29) is 12.7 Å². The van der Waals surface area contributed by atoms with E-state index >= 15 is 0 Å². The van der Waals surface area contributed by atoms with Crippen LogP contribution in [-0.2, 0) is 11.3 Å². The number of aromatic amines is 1. The van der Waals surface area contributed by atoms with Gasteiger partial charge in [0.1, 0.15) is 36.8 Å². The van der Waals surface area contributed by atoms with Gasteiger partial charge in [-0.2, -0.15) is 0 Å². The molecule has 1 aromatic carbocycles. The number of nitrogens with one attached hydrogen (secondary N) is 2. The van der Waals surface area contributed by atoms with Gasteiger partial charge in [-0.25, -0.2) is 9.78 Å².